The van der Waals surface area contributed by atoms with Crippen molar-refractivity contribution >= 4 is 5.57 Å². The molecule has 0 amide bonds. The first-order chi connectivity index (χ1) is 15.5. The van der Waals surface area contributed by atoms with Crippen molar-refractivity contribution in [3.63, 3.8) is 0 Å². The Kier molecular flexibility index (Phi) is 30.0. The highest BCUT2D eigenvalue weighted by Gasteiger charge is 2.23. The third-order valence-corrected chi connectivity index (χ3v) is 4.68. The molecule has 0 aliphatic heterocycles. The van der Waals surface area contributed by atoms with Crippen LogP contribution in [-0.4, -0.2) is 10.2 Å². The Hall–Kier alpha value is -1.70. The smallest absolute Gasteiger partial charge is 0.123 e. The molecule has 190 valence electrons. The third kappa shape index (κ3) is 12.4. The van der Waals surface area contributed by atoms with E-state index >= 15 is 0 Å². The summed E-state index contributed by atoms with van der Waals surface area (Å²) in [6.07, 6.45) is 6.37. The van der Waals surface area contributed by atoms with Gasteiger partial charge in [-0.3, -0.25) is 0 Å². The summed E-state index contributed by atoms with van der Waals surface area (Å²) in [7, 11) is 0. The lowest BCUT2D eigenvalue weighted by molar-refractivity contribution is 0.415. The van der Waals surface area contributed by atoms with Gasteiger partial charge >= 0.3 is 0 Å². The normalized spacial score (nSPS) is 12.4. The van der Waals surface area contributed by atoms with Crippen LogP contribution in [0, 0.1) is 6.92 Å². The molecule has 1 aliphatic carbocycles. The standard InChI is InChI=1S/C20H28O2.5C2H6/c1-5-8-16-14(3)11-12-18(22)20(16)19(15(4)21)17-10-7-6-9-13(17)2;5*1-2/h11-12,21-22H,5-10H2,1-4H3;5*1-2H3/b19-15-;;;;;. The Bertz CT molecular complexity index is 618. The Morgan fingerprint density at radius 1 is 0.812 bits per heavy atom. The number of allylic oxidation sites excluding steroid dienone is 4. The summed E-state index contributed by atoms with van der Waals surface area (Å²) >= 11 is 0. The molecular weight excluding hydrogens is 392 g/mol. The first kappa shape index (κ1) is 37.6. The molecule has 2 rings (SSSR count). The van der Waals surface area contributed by atoms with E-state index in [9.17, 15) is 10.2 Å². The summed E-state index contributed by atoms with van der Waals surface area (Å²) in [5.74, 6) is 0.595. The van der Waals surface area contributed by atoms with E-state index in [1.165, 1.54) is 23.1 Å². The van der Waals surface area contributed by atoms with E-state index in [1.54, 1.807) is 13.0 Å². The summed E-state index contributed by atoms with van der Waals surface area (Å²) in [5, 5.41) is 20.9. The van der Waals surface area contributed by atoms with E-state index in [0.717, 1.165) is 48.8 Å². The van der Waals surface area contributed by atoms with Gasteiger partial charge in [0, 0.05) is 11.1 Å². The summed E-state index contributed by atoms with van der Waals surface area (Å²) in [4.78, 5) is 0. The molecule has 0 atom stereocenters. The van der Waals surface area contributed by atoms with Crippen molar-refractivity contribution < 1.29 is 10.2 Å². The SMILES string of the molecule is CC.CC.CC.CC.CC.CCCc1c(C)ccc(O)c1/C(C1=C(C)CCCC1)=C(/C)O. The van der Waals surface area contributed by atoms with Crippen molar-refractivity contribution in [2.75, 3.05) is 0 Å². The summed E-state index contributed by atoms with van der Waals surface area (Å²) in [6, 6.07) is 3.72. The summed E-state index contributed by atoms with van der Waals surface area (Å²) in [5.41, 5.74) is 6.63. The van der Waals surface area contributed by atoms with Crippen molar-refractivity contribution in [2.45, 2.75) is 135 Å². The van der Waals surface area contributed by atoms with Gasteiger partial charge in [0.05, 0.1) is 5.76 Å². The van der Waals surface area contributed by atoms with Gasteiger partial charge in [-0.05, 0) is 75.6 Å². The second-order valence-corrected chi connectivity index (χ2v) is 6.43. The molecule has 0 bridgehead atoms. The molecule has 0 unspecified atom stereocenters. The average molecular weight is 451 g/mol. The van der Waals surface area contributed by atoms with Gasteiger partial charge in [-0.2, -0.15) is 0 Å². The van der Waals surface area contributed by atoms with E-state index in [4.69, 9.17) is 0 Å². The average Bonchev–Trinajstić information content (AvgIpc) is 2.85. The highest BCUT2D eigenvalue weighted by Crippen LogP contribution is 2.42. The van der Waals surface area contributed by atoms with Gasteiger partial charge in [0.1, 0.15) is 5.75 Å². The molecule has 32 heavy (non-hydrogen) atoms. The van der Waals surface area contributed by atoms with Crippen LogP contribution in [0.15, 0.2) is 29.0 Å². The molecule has 0 spiro atoms. The van der Waals surface area contributed by atoms with Gasteiger partial charge in [0.2, 0.25) is 0 Å². The number of aliphatic hydroxyl groups is 1. The predicted molar refractivity (Wildman–Crippen MR) is 150 cm³/mol. The Morgan fingerprint density at radius 3 is 1.69 bits per heavy atom. The second-order valence-electron chi connectivity index (χ2n) is 6.43. The van der Waals surface area contributed by atoms with E-state index in [0.29, 0.717) is 5.76 Å². The van der Waals surface area contributed by atoms with Gasteiger partial charge in [-0.25, -0.2) is 0 Å². The molecule has 0 fully saturated rings. The monoisotopic (exact) mass is 450 g/mol. The number of hydrogen-bond acceptors (Lipinski definition) is 2. The topological polar surface area (TPSA) is 40.5 Å². The van der Waals surface area contributed by atoms with Crippen LogP contribution in [0.3, 0.4) is 0 Å². The van der Waals surface area contributed by atoms with Gasteiger partial charge in [0.25, 0.3) is 0 Å². The number of aromatic hydroxyl groups is 1. The van der Waals surface area contributed by atoms with Crippen LogP contribution in [0.4, 0.5) is 0 Å². The number of phenolic OH excluding ortho intramolecular Hbond substituents is 1. The first-order valence-electron chi connectivity index (χ1n) is 13.4. The quantitative estimate of drug-likeness (QED) is 0.448. The van der Waals surface area contributed by atoms with Crippen molar-refractivity contribution in [3.05, 3.63) is 45.7 Å². The molecule has 1 aromatic carbocycles. The molecule has 0 heterocycles. The lowest BCUT2D eigenvalue weighted by Gasteiger charge is -2.24. The number of benzene rings is 1. The summed E-state index contributed by atoms with van der Waals surface area (Å²) in [6.45, 7) is 28.1. The van der Waals surface area contributed by atoms with Crippen molar-refractivity contribution in [1.82, 2.24) is 0 Å². The van der Waals surface area contributed by atoms with Gasteiger partial charge < -0.3 is 10.2 Å². The van der Waals surface area contributed by atoms with E-state index in [1.807, 2.05) is 75.3 Å². The van der Waals surface area contributed by atoms with Crippen LogP contribution in [0.1, 0.15) is 139 Å². The van der Waals surface area contributed by atoms with Gasteiger partial charge in [-0.15, -0.1) is 0 Å². The number of aliphatic hydroxyl groups excluding tert-OH is 1. The van der Waals surface area contributed by atoms with Crippen LogP contribution in [0.5, 0.6) is 5.75 Å². The molecule has 1 aromatic rings. The highest BCUT2D eigenvalue weighted by molar-refractivity contribution is 5.86. The lowest BCUT2D eigenvalue weighted by Crippen LogP contribution is -2.06. The minimum Gasteiger partial charge on any atom is -0.512 e. The second kappa shape index (κ2) is 25.6. The predicted octanol–water partition coefficient (Wildman–Crippen LogP) is 11.0. The van der Waals surface area contributed by atoms with Crippen molar-refractivity contribution in [2.24, 2.45) is 0 Å². The number of aryl methyl sites for hydroxylation is 1. The van der Waals surface area contributed by atoms with Crippen LogP contribution in [-0.2, 0) is 6.42 Å². The fraction of sp³-hybridized carbons (Fsp3) is 0.667. The Labute approximate surface area is 202 Å². The molecule has 2 heteroatoms. The first-order valence-corrected chi connectivity index (χ1v) is 13.4. The lowest BCUT2D eigenvalue weighted by atomic mass is 9.81. The maximum Gasteiger partial charge on any atom is 0.123 e. The van der Waals surface area contributed by atoms with Crippen LogP contribution in [0.2, 0.25) is 0 Å². The maximum atomic E-state index is 10.5. The van der Waals surface area contributed by atoms with Crippen molar-refractivity contribution in [3.8, 4) is 5.75 Å². The van der Waals surface area contributed by atoms with E-state index in [-0.39, 0.29) is 5.75 Å². The minimum atomic E-state index is 0.281. The third-order valence-electron chi connectivity index (χ3n) is 4.68. The largest absolute Gasteiger partial charge is 0.512 e. The molecule has 2 nitrogen and oxygen atoms in total. The van der Waals surface area contributed by atoms with Crippen LogP contribution in [0.25, 0.3) is 5.57 Å². The zero-order valence-electron chi connectivity index (χ0n) is 24.3. The molecule has 0 radical (unpaired) electrons. The van der Waals surface area contributed by atoms with Gasteiger partial charge in [0.15, 0.2) is 0 Å². The zero-order chi connectivity index (χ0) is 26.3. The minimum absolute atomic E-state index is 0.281. The van der Waals surface area contributed by atoms with Crippen LogP contribution < -0.4 is 0 Å². The molecule has 1 aliphatic rings. The number of phenols is 1. The fourth-order valence-electron chi connectivity index (χ4n) is 3.54. The number of hydrogen-bond donors (Lipinski definition) is 2. The van der Waals surface area contributed by atoms with Gasteiger partial charge in [-0.1, -0.05) is 94.2 Å². The molecular formula is C30H58O2. The van der Waals surface area contributed by atoms with E-state index in [2.05, 4.69) is 20.8 Å². The van der Waals surface area contributed by atoms with Crippen LogP contribution >= 0.6 is 0 Å². The Morgan fingerprint density at radius 2 is 1.28 bits per heavy atom. The maximum absolute atomic E-state index is 10.5. The fourth-order valence-corrected chi connectivity index (χ4v) is 3.54. The molecule has 0 aromatic heterocycles. The highest BCUT2D eigenvalue weighted by atomic mass is 16.3. The molecule has 0 saturated heterocycles. The zero-order valence-corrected chi connectivity index (χ0v) is 24.3. The van der Waals surface area contributed by atoms with Crippen molar-refractivity contribution in [1.29, 1.82) is 0 Å². The molecule has 0 saturated carbocycles. The molecule has 2 N–H and O–H groups in total. The van der Waals surface area contributed by atoms with E-state index < -0.39 is 0 Å². The summed E-state index contributed by atoms with van der Waals surface area (Å²) < 4.78 is 0. The number of rotatable bonds is 4. The Balaban J connectivity index is -0.000000345.